The minimum atomic E-state index is -0.773. The van der Waals surface area contributed by atoms with Crippen LogP contribution in [-0.4, -0.2) is 27.9 Å². The van der Waals surface area contributed by atoms with Gasteiger partial charge in [0.05, 0.1) is 5.69 Å². The van der Waals surface area contributed by atoms with Gasteiger partial charge in [-0.15, -0.1) is 0 Å². The first-order valence-electron chi connectivity index (χ1n) is 8.05. The Kier molecular flexibility index (Phi) is 5.27. The number of aromatic hydroxyl groups is 1. The lowest BCUT2D eigenvalue weighted by molar-refractivity contribution is -0.125. The van der Waals surface area contributed by atoms with Crippen molar-refractivity contribution in [3.8, 4) is 5.75 Å². The Balaban J connectivity index is 1.84. The monoisotopic (exact) mass is 415 g/mol. The van der Waals surface area contributed by atoms with E-state index in [1.165, 1.54) is 13.0 Å². The number of aromatic amines is 1. The molecule has 2 aromatic carbocycles. The SMILES string of the molecule is CC(=O)NC(Cc1c[nH]c2ccccc12)C(=O)Nc1cc(Br)ccc1O. The van der Waals surface area contributed by atoms with Crippen molar-refractivity contribution >= 4 is 44.3 Å². The van der Waals surface area contributed by atoms with Crippen molar-refractivity contribution in [1.82, 2.24) is 10.3 Å². The van der Waals surface area contributed by atoms with E-state index in [9.17, 15) is 14.7 Å². The fourth-order valence-corrected chi connectivity index (χ4v) is 3.16. The van der Waals surface area contributed by atoms with E-state index < -0.39 is 11.9 Å². The number of phenolic OH excluding ortho intramolecular Hbond substituents is 1. The molecule has 0 aliphatic rings. The van der Waals surface area contributed by atoms with E-state index in [2.05, 4.69) is 31.5 Å². The molecule has 0 bridgehead atoms. The average Bonchev–Trinajstić information content (AvgIpc) is 3.00. The number of H-pyrrole nitrogens is 1. The molecule has 3 rings (SSSR count). The van der Waals surface area contributed by atoms with E-state index in [4.69, 9.17) is 0 Å². The summed E-state index contributed by atoms with van der Waals surface area (Å²) in [6.45, 7) is 1.37. The van der Waals surface area contributed by atoms with Crippen molar-refractivity contribution in [2.45, 2.75) is 19.4 Å². The lowest BCUT2D eigenvalue weighted by Gasteiger charge is -2.18. The highest BCUT2D eigenvalue weighted by atomic mass is 79.9. The van der Waals surface area contributed by atoms with Crippen molar-refractivity contribution in [3.05, 3.63) is 58.7 Å². The van der Waals surface area contributed by atoms with Gasteiger partial charge < -0.3 is 20.7 Å². The number of nitrogens with one attached hydrogen (secondary N) is 3. The maximum absolute atomic E-state index is 12.7. The molecule has 26 heavy (non-hydrogen) atoms. The Morgan fingerprint density at radius 3 is 2.77 bits per heavy atom. The Morgan fingerprint density at radius 1 is 1.23 bits per heavy atom. The summed E-state index contributed by atoms with van der Waals surface area (Å²) in [6.07, 6.45) is 2.16. The Hall–Kier alpha value is -2.80. The van der Waals surface area contributed by atoms with Crippen LogP contribution in [0.25, 0.3) is 10.9 Å². The normalized spacial score (nSPS) is 11.9. The van der Waals surface area contributed by atoms with Crippen LogP contribution in [-0.2, 0) is 16.0 Å². The number of carbonyl (C=O) groups excluding carboxylic acids is 2. The third kappa shape index (κ3) is 4.05. The van der Waals surface area contributed by atoms with Gasteiger partial charge >= 0.3 is 0 Å². The van der Waals surface area contributed by atoms with Gasteiger partial charge in [0, 0.05) is 34.9 Å². The molecule has 6 nitrogen and oxygen atoms in total. The molecular formula is C19H18BrN3O3. The van der Waals surface area contributed by atoms with Gasteiger partial charge in [-0.05, 0) is 29.8 Å². The van der Waals surface area contributed by atoms with E-state index in [0.29, 0.717) is 6.42 Å². The van der Waals surface area contributed by atoms with Gasteiger partial charge in [-0.25, -0.2) is 0 Å². The van der Waals surface area contributed by atoms with Gasteiger partial charge in [0.2, 0.25) is 11.8 Å². The predicted octanol–water partition coefficient (Wildman–Crippen LogP) is 3.32. The second kappa shape index (κ2) is 7.61. The number of aromatic nitrogens is 1. The molecular weight excluding hydrogens is 398 g/mol. The Morgan fingerprint density at radius 2 is 2.00 bits per heavy atom. The Bertz CT molecular complexity index is 968. The van der Waals surface area contributed by atoms with Crippen LogP contribution in [0.15, 0.2) is 53.1 Å². The number of hydrogen-bond donors (Lipinski definition) is 4. The van der Waals surface area contributed by atoms with Crippen molar-refractivity contribution in [3.63, 3.8) is 0 Å². The fraction of sp³-hybridized carbons (Fsp3) is 0.158. The molecule has 1 heterocycles. The summed E-state index contributed by atoms with van der Waals surface area (Å²) in [7, 11) is 0. The molecule has 7 heteroatoms. The standard InChI is InChI=1S/C19H18BrN3O3/c1-11(24)22-17(8-12-10-21-15-5-3-2-4-14(12)15)19(26)23-16-9-13(20)6-7-18(16)25/h2-7,9-10,17,21,25H,8H2,1H3,(H,22,24)(H,23,26). The lowest BCUT2D eigenvalue weighted by Crippen LogP contribution is -2.44. The highest BCUT2D eigenvalue weighted by Crippen LogP contribution is 2.27. The number of halogens is 1. The van der Waals surface area contributed by atoms with E-state index in [0.717, 1.165) is 20.9 Å². The smallest absolute Gasteiger partial charge is 0.247 e. The zero-order chi connectivity index (χ0) is 18.7. The zero-order valence-corrected chi connectivity index (χ0v) is 15.6. The fourth-order valence-electron chi connectivity index (χ4n) is 2.80. The molecule has 0 spiro atoms. The van der Waals surface area contributed by atoms with Gasteiger partial charge in [0.25, 0.3) is 0 Å². The molecule has 0 aliphatic heterocycles. The van der Waals surface area contributed by atoms with Crippen LogP contribution in [0.3, 0.4) is 0 Å². The largest absolute Gasteiger partial charge is 0.506 e. The minimum absolute atomic E-state index is 0.0461. The number of hydrogen-bond acceptors (Lipinski definition) is 3. The number of phenols is 1. The molecule has 1 atom stereocenters. The molecule has 134 valence electrons. The van der Waals surface area contributed by atoms with Crippen molar-refractivity contribution < 1.29 is 14.7 Å². The minimum Gasteiger partial charge on any atom is -0.506 e. The number of anilines is 1. The molecule has 0 aliphatic carbocycles. The maximum atomic E-state index is 12.7. The van der Waals surface area contributed by atoms with Crippen LogP contribution in [0.4, 0.5) is 5.69 Å². The highest BCUT2D eigenvalue weighted by molar-refractivity contribution is 9.10. The number of carbonyl (C=O) groups is 2. The summed E-state index contributed by atoms with van der Waals surface area (Å²) in [5.41, 5.74) is 2.17. The average molecular weight is 416 g/mol. The topological polar surface area (TPSA) is 94.2 Å². The first-order chi connectivity index (χ1) is 12.4. The summed E-state index contributed by atoms with van der Waals surface area (Å²) in [5.74, 6) is -0.752. The quantitative estimate of drug-likeness (QED) is 0.481. The number of fused-ring (bicyclic) bond motifs is 1. The molecule has 0 fully saturated rings. The third-order valence-corrected chi connectivity index (χ3v) is 4.50. The van der Waals surface area contributed by atoms with Crippen LogP contribution in [0.1, 0.15) is 12.5 Å². The van der Waals surface area contributed by atoms with Crippen LogP contribution in [0.2, 0.25) is 0 Å². The zero-order valence-electron chi connectivity index (χ0n) is 14.0. The van der Waals surface area contributed by atoms with Gasteiger partial charge in [0.15, 0.2) is 0 Å². The van der Waals surface area contributed by atoms with Crippen LogP contribution in [0, 0.1) is 0 Å². The number of benzene rings is 2. The molecule has 0 saturated carbocycles. The first kappa shape index (κ1) is 18.0. The van der Waals surface area contributed by atoms with Crippen LogP contribution in [0.5, 0.6) is 5.75 Å². The van der Waals surface area contributed by atoms with E-state index >= 15 is 0 Å². The third-order valence-electron chi connectivity index (χ3n) is 4.01. The van der Waals surface area contributed by atoms with E-state index in [1.807, 2.05) is 30.5 Å². The molecule has 1 unspecified atom stereocenters. The van der Waals surface area contributed by atoms with Crippen molar-refractivity contribution in [2.75, 3.05) is 5.32 Å². The van der Waals surface area contributed by atoms with Crippen molar-refractivity contribution in [2.24, 2.45) is 0 Å². The molecule has 1 aromatic heterocycles. The van der Waals surface area contributed by atoms with Gasteiger partial charge in [-0.3, -0.25) is 9.59 Å². The van der Waals surface area contributed by atoms with Gasteiger partial charge in [0.1, 0.15) is 11.8 Å². The first-order valence-corrected chi connectivity index (χ1v) is 8.85. The molecule has 2 amide bonds. The molecule has 0 radical (unpaired) electrons. The summed E-state index contributed by atoms with van der Waals surface area (Å²) in [6, 6.07) is 11.7. The number of amides is 2. The van der Waals surface area contributed by atoms with Crippen LogP contribution < -0.4 is 10.6 Å². The summed E-state index contributed by atoms with van der Waals surface area (Å²) >= 11 is 3.30. The number of rotatable bonds is 5. The molecule has 0 saturated heterocycles. The second-order valence-electron chi connectivity index (χ2n) is 5.97. The highest BCUT2D eigenvalue weighted by Gasteiger charge is 2.22. The lowest BCUT2D eigenvalue weighted by atomic mass is 10.0. The van der Waals surface area contributed by atoms with Crippen molar-refractivity contribution in [1.29, 1.82) is 0 Å². The van der Waals surface area contributed by atoms with E-state index in [-0.39, 0.29) is 17.3 Å². The predicted molar refractivity (Wildman–Crippen MR) is 104 cm³/mol. The number of para-hydroxylation sites is 1. The van der Waals surface area contributed by atoms with E-state index in [1.54, 1.807) is 12.1 Å². The summed E-state index contributed by atoms with van der Waals surface area (Å²) in [5, 5.41) is 16.3. The molecule has 4 N–H and O–H groups in total. The second-order valence-corrected chi connectivity index (χ2v) is 6.88. The summed E-state index contributed by atoms with van der Waals surface area (Å²) < 4.78 is 0.721. The Labute approximate surface area is 158 Å². The molecule has 3 aromatic rings. The summed E-state index contributed by atoms with van der Waals surface area (Å²) in [4.78, 5) is 27.4. The maximum Gasteiger partial charge on any atom is 0.247 e. The van der Waals surface area contributed by atoms with Gasteiger partial charge in [-0.2, -0.15) is 0 Å². The van der Waals surface area contributed by atoms with Gasteiger partial charge in [-0.1, -0.05) is 34.1 Å². The van der Waals surface area contributed by atoms with Crippen LogP contribution >= 0.6 is 15.9 Å².